The fraction of sp³-hybridized carbons (Fsp3) is 0.308. The first-order chi connectivity index (χ1) is 17.6. The summed E-state index contributed by atoms with van der Waals surface area (Å²) in [5, 5.41) is 14.8. The van der Waals surface area contributed by atoms with Gasteiger partial charge in [-0.25, -0.2) is 14.3 Å². The normalized spacial score (nSPS) is 10.9. The minimum atomic E-state index is -1.20. The Morgan fingerprint density at radius 3 is 2.41 bits per heavy atom. The van der Waals surface area contributed by atoms with Crippen molar-refractivity contribution < 1.29 is 24.2 Å². The zero-order valence-corrected chi connectivity index (χ0v) is 22.8. The van der Waals surface area contributed by atoms with Gasteiger partial charge in [-0.05, 0) is 56.2 Å². The molecule has 0 unspecified atom stereocenters. The second kappa shape index (κ2) is 12.4. The fourth-order valence-electron chi connectivity index (χ4n) is 3.69. The molecule has 1 aromatic heterocycles. The molecule has 3 rings (SSSR count). The number of hydrogen-bond donors (Lipinski definition) is 1. The fourth-order valence-corrected chi connectivity index (χ4v) is 4.21. The SMILES string of the molecule is CCCCN(Cc1ccc(Cl)c(Cl)c1)C(=O)c1nn(-c2ccc(C(=O)O)cc2C(=O)OCC)c(C)c1Cl. The second-order valence-electron chi connectivity index (χ2n) is 8.25. The molecule has 2 aromatic carbocycles. The van der Waals surface area contributed by atoms with Gasteiger partial charge in [0, 0.05) is 13.1 Å². The van der Waals surface area contributed by atoms with Gasteiger partial charge in [-0.2, -0.15) is 5.10 Å². The van der Waals surface area contributed by atoms with Gasteiger partial charge >= 0.3 is 11.9 Å². The molecule has 1 amide bonds. The predicted molar refractivity (Wildman–Crippen MR) is 142 cm³/mol. The van der Waals surface area contributed by atoms with Crippen LogP contribution in [0.3, 0.4) is 0 Å². The van der Waals surface area contributed by atoms with Gasteiger partial charge in [0.05, 0.1) is 44.2 Å². The topological polar surface area (TPSA) is 102 Å². The van der Waals surface area contributed by atoms with E-state index in [2.05, 4.69) is 5.10 Å². The Labute approximate surface area is 229 Å². The van der Waals surface area contributed by atoms with Crippen LogP contribution in [0.25, 0.3) is 5.69 Å². The number of carboxylic acid groups (broad SMARTS) is 1. The average Bonchev–Trinajstić information content (AvgIpc) is 3.17. The number of unbranched alkanes of at least 4 members (excludes halogenated alkanes) is 1. The maximum absolute atomic E-state index is 13.6. The first-order valence-electron chi connectivity index (χ1n) is 11.6. The molecular formula is C26H26Cl3N3O5. The third-order valence-electron chi connectivity index (χ3n) is 5.64. The lowest BCUT2D eigenvalue weighted by Gasteiger charge is -2.22. The Hall–Kier alpha value is -3.07. The van der Waals surface area contributed by atoms with Gasteiger partial charge in [-0.3, -0.25) is 4.79 Å². The maximum atomic E-state index is 13.6. The minimum Gasteiger partial charge on any atom is -0.478 e. The van der Waals surface area contributed by atoms with Crippen LogP contribution >= 0.6 is 34.8 Å². The number of amides is 1. The smallest absolute Gasteiger partial charge is 0.340 e. The van der Waals surface area contributed by atoms with Crippen LogP contribution in [0.2, 0.25) is 15.1 Å². The van der Waals surface area contributed by atoms with E-state index < -0.39 is 17.8 Å². The van der Waals surface area contributed by atoms with Gasteiger partial charge in [0.15, 0.2) is 5.69 Å². The lowest BCUT2D eigenvalue weighted by atomic mass is 10.1. The summed E-state index contributed by atoms with van der Waals surface area (Å²) in [6, 6.07) is 9.16. The van der Waals surface area contributed by atoms with Gasteiger partial charge in [0.2, 0.25) is 0 Å². The van der Waals surface area contributed by atoms with Crippen molar-refractivity contribution in [3.8, 4) is 5.69 Å². The van der Waals surface area contributed by atoms with Crippen molar-refractivity contribution in [3.63, 3.8) is 0 Å². The van der Waals surface area contributed by atoms with Crippen molar-refractivity contribution in [3.05, 3.63) is 79.5 Å². The highest BCUT2D eigenvalue weighted by atomic mass is 35.5. The van der Waals surface area contributed by atoms with Crippen LogP contribution < -0.4 is 0 Å². The lowest BCUT2D eigenvalue weighted by molar-refractivity contribution is 0.0526. The van der Waals surface area contributed by atoms with Gasteiger partial charge in [0.1, 0.15) is 0 Å². The second-order valence-corrected chi connectivity index (χ2v) is 9.44. The number of esters is 1. The van der Waals surface area contributed by atoms with Crippen LogP contribution in [0.1, 0.15) is 69.2 Å². The number of halogens is 3. The van der Waals surface area contributed by atoms with E-state index in [9.17, 15) is 19.5 Å². The van der Waals surface area contributed by atoms with E-state index in [4.69, 9.17) is 39.5 Å². The van der Waals surface area contributed by atoms with E-state index >= 15 is 0 Å². The number of carbonyl (C=O) groups is 3. The third kappa shape index (κ3) is 6.44. The summed E-state index contributed by atoms with van der Waals surface area (Å²) in [4.78, 5) is 39.4. The zero-order valence-electron chi connectivity index (χ0n) is 20.6. The largest absolute Gasteiger partial charge is 0.478 e. The van der Waals surface area contributed by atoms with Crippen LogP contribution in [0.5, 0.6) is 0 Å². The Morgan fingerprint density at radius 1 is 1.05 bits per heavy atom. The molecule has 3 aromatic rings. The molecule has 11 heteroatoms. The van der Waals surface area contributed by atoms with Crippen molar-refractivity contribution in [1.29, 1.82) is 0 Å². The molecule has 0 saturated heterocycles. The summed E-state index contributed by atoms with van der Waals surface area (Å²) < 4.78 is 6.47. The number of aromatic carboxylic acids is 1. The Bertz CT molecular complexity index is 1340. The van der Waals surface area contributed by atoms with Crippen molar-refractivity contribution in [1.82, 2.24) is 14.7 Å². The summed E-state index contributed by atoms with van der Waals surface area (Å²) in [6.07, 6.45) is 1.62. The zero-order chi connectivity index (χ0) is 27.3. The van der Waals surface area contributed by atoms with E-state index in [1.54, 1.807) is 36.9 Å². The Kier molecular flexibility index (Phi) is 9.59. The molecule has 8 nitrogen and oxygen atoms in total. The molecule has 0 bridgehead atoms. The number of carboxylic acids is 1. The van der Waals surface area contributed by atoms with E-state index in [-0.39, 0.29) is 40.7 Å². The van der Waals surface area contributed by atoms with E-state index in [1.807, 2.05) is 6.92 Å². The number of ether oxygens (including phenoxy) is 1. The molecule has 0 aliphatic rings. The molecule has 37 heavy (non-hydrogen) atoms. The van der Waals surface area contributed by atoms with Crippen LogP contribution in [0.4, 0.5) is 0 Å². The third-order valence-corrected chi connectivity index (χ3v) is 6.83. The summed E-state index contributed by atoms with van der Waals surface area (Å²) in [5.41, 5.74) is 1.34. The van der Waals surface area contributed by atoms with Crippen molar-refractivity contribution >= 4 is 52.6 Å². The minimum absolute atomic E-state index is 0.00690. The first-order valence-corrected chi connectivity index (χ1v) is 12.8. The average molecular weight is 567 g/mol. The molecule has 1 N–H and O–H groups in total. The number of rotatable bonds is 10. The van der Waals surface area contributed by atoms with Gasteiger partial charge in [-0.1, -0.05) is 54.2 Å². The number of hydrogen-bond acceptors (Lipinski definition) is 5. The molecule has 0 atom stereocenters. The number of carbonyl (C=O) groups excluding carboxylic acids is 2. The summed E-state index contributed by atoms with van der Waals surface area (Å²) in [5.74, 6) is -2.31. The maximum Gasteiger partial charge on any atom is 0.340 e. The lowest BCUT2D eigenvalue weighted by Crippen LogP contribution is -2.32. The number of aromatic nitrogens is 2. The molecule has 0 aliphatic heterocycles. The van der Waals surface area contributed by atoms with E-state index in [0.29, 0.717) is 22.3 Å². The van der Waals surface area contributed by atoms with Crippen molar-refractivity contribution in [2.24, 2.45) is 0 Å². The van der Waals surface area contributed by atoms with Gasteiger partial charge in [0.25, 0.3) is 5.91 Å². The van der Waals surface area contributed by atoms with E-state index in [1.165, 1.54) is 22.9 Å². The van der Waals surface area contributed by atoms with Gasteiger partial charge in [-0.15, -0.1) is 0 Å². The molecule has 0 fully saturated rings. The van der Waals surface area contributed by atoms with Crippen LogP contribution in [-0.4, -0.2) is 50.8 Å². The standard InChI is InChI=1S/C26H26Cl3N3O5/c1-4-6-11-31(14-16-7-9-19(27)20(28)12-16)24(33)23-22(29)15(3)32(30-23)21-10-8-17(25(34)35)13-18(21)26(36)37-5-2/h7-10,12-13H,4-6,11,14H2,1-3H3,(H,34,35). The highest BCUT2D eigenvalue weighted by Crippen LogP contribution is 2.28. The Balaban J connectivity index is 2.05. The Morgan fingerprint density at radius 2 is 1.78 bits per heavy atom. The summed E-state index contributed by atoms with van der Waals surface area (Å²) in [7, 11) is 0. The quantitative estimate of drug-likeness (QED) is 0.283. The highest BCUT2D eigenvalue weighted by Gasteiger charge is 2.27. The number of benzene rings is 2. The first kappa shape index (κ1) is 28.5. The van der Waals surface area contributed by atoms with Crippen molar-refractivity contribution in [2.45, 2.75) is 40.2 Å². The van der Waals surface area contributed by atoms with Crippen LogP contribution in [-0.2, 0) is 11.3 Å². The van der Waals surface area contributed by atoms with Crippen molar-refractivity contribution in [2.75, 3.05) is 13.2 Å². The molecule has 0 aliphatic carbocycles. The van der Waals surface area contributed by atoms with Crippen LogP contribution in [0.15, 0.2) is 36.4 Å². The molecule has 0 radical (unpaired) electrons. The van der Waals surface area contributed by atoms with Crippen LogP contribution in [0, 0.1) is 6.92 Å². The monoisotopic (exact) mass is 565 g/mol. The highest BCUT2D eigenvalue weighted by molar-refractivity contribution is 6.42. The predicted octanol–water partition coefficient (Wildman–Crippen LogP) is 6.46. The summed E-state index contributed by atoms with van der Waals surface area (Å²) >= 11 is 18.8. The summed E-state index contributed by atoms with van der Waals surface area (Å²) in [6.45, 7) is 6.13. The number of nitrogens with zero attached hydrogens (tertiary/aromatic N) is 3. The van der Waals surface area contributed by atoms with E-state index in [0.717, 1.165) is 18.4 Å². The molecule has 0 spiro atoms. The van der Waals surface area contributed by atoms with Gasteiger partial charge < -0.3 is 14.7 Å². The molecule has 1 heterocycles. The molecule has 0 saturated carbocycles. The molecular weight excluding hydrogens is 541 g/mol. The molecule has 196 valence electrons.